The second kappa shape index (κ2) is 10.8. The van der Waals surface area contributed by atoms with Gasteiger partial charge in [-0.2, -0.15) is 0 Å². The minimum atomic E-state index is -0.981. The molecule has 4 aromatic rings. The summed E-state index contributed by atoms with van der Waals surface area (Å²) in [5.41, 5.74) is 3.71. The molecule has 0 amide bonds. The SMILES string of the molecule is Cc1cccc(Sc2cnc(/N=c3/[nH]c(C(O)CO)bs3)c(OC3CCCc4ncncc43)c2)c1. The van der Waals surface area contributed by atoms with E-state index in [1.54, 1.807) is 30.5 Å². The summed E-state index contributed by atoms with van der Waals surface area (Å²) in [5, 5.41) is 19.1. The van der Waals surface area contributed by atoms with E-state index in [0.29, 0.717) is 22.0 Å². The normalized spacial score (nSPS) is 16.5. The van der Waals surface area contributed by atoms with Crippen molar-refractivity contribution in [2.75, 3.05) is 6.61 Å². The molecule has 8 nitrogen and oxygen atoms in total. The van der Waals surface area contributed by atoms with Crippen molar-refractivity contribution in [1.82, 2.24) is 19.9 Å². The monoisotopic (exact) mass is 505 g/mol. The zero-order chi connectivity index (χ0) is 24.2. The minimum absolute atomic E-state index is 0.186. The van der Waals surface area contributed by atoms with E-state index in [4.69, 9.17) is 4.74 Å². The summed E-state index contributed by atoms with van der Waals surface area (Å²) in [7, 11) is 0. The second-order valence-corrected chi connectivity index (χ2v) is 10.3. The van der Waals surface area contributed by atoms with Gasteiger partial charge in [0.15, 0.2) is 0 Å². The number of aryl methyl sites for hydroxylation is 2. The maximum absolute atomic E-state index is 9.90. The third-order valence-electron chi connectivity index (χ3n) is 5.64. The van der Waals surface area contributed by atoms with Crippen molar-refractivity contribution < 1.29 is 14.9 Å². The molecule has 0 saturated heterocycles. The number of aliphatic hydroxyl groups excluding tert-OH is 2. The van der Waals surface area contributed by atoms with Crippen molar-refractivity contribution in [3.05, 3.63) is 76.3 Å². The van der Waals surface area contributed by atoms with Crippen LogP contribution in [0.3, 0.4) is 0 Å². The zero-order valence-electron chi connectivity index (χ0n) is 19.1. The van der Waals surface area contributed by atoms with Crippen LogP contribution in [-0.4, -0.2) is 42.9 Å². The van der Waals surface area contributed by atoms with Crippen LogP contribution in [0.25, 0.3) is 0 Å². The fourth-order valence-corrected chi connectivity index (χ4v) is 5.61. The van der Waals surface area contributed by atoms with E-state index in [2.05, 4.69) is 50.1 Å². The molecule has 0 bridgehead atoms. The van der Waals surface area contributed by atoms with E-state index in [9.17, 15) is 10.2 Å². The molecule has 2 atom stereocenters. The summed E-state index contributed by atoms with van der Waals surface area (Å²) in [5.74, 6) is 1.00. The summed E-state index contributed by atoms with van der Waals surface area (Å²) in [6.07, 6.45) is 8.51. The molecule has 178 valence electrons. The third-order valence-corrected chi connectivity index (χ3v) is 7.38. The topological polar surface area (TPSA) is 117 Å². The van der Waals surface area contributed by atoms with Gasteiger partial charge in [0.05, 0.1) is 0 Å². The van der Waals surface area contributed by atoms with Gasteiger partial charge in [-0.25, -0.2) is 0 Å². The third kappa shape index (κ3) is 5.70. The van der Waals surface area contributed by atoms with Crippen LogP contribution in [0.15, 0.2) is 63.8 Å². The van der Waals surface area contributed by atoms with Crippen molar-refractivity contribution in [3.8, 4) is 5.75 Å². The Morgan fingerprint density at radius 2 is 2.20 bits per heavy atom. The van der Waals surface area contributed by atoms with Crippen molar-refractivity contribution in [2.24, 2.45) is 4.99 Å². The number of benzene rings is 1. The van der Waals surface area contributed by atoms with Crippen molar-refractivity contribution >= 4 is 34.9 Å². The summed E-state index contributed by atoms with van der Waals surface area (Å²) in [6, 6.07) is 10.3. The molecular formula is C24H24BN5O3S2. The molecule has 3 heterocycles. The van der Waals surface area contributed by atoms with Gasteiger partial charge in [0.2, 0.25) is 0 Å². The Morgan fingerprint density at radius 1 is 1.29 bits per heavy atom. The molecule has 1 aliphatic rings. The van der Waals surface area contributed by atoms with Crippen LogP contribution in [0.2, 0.25) is 0 Å². The van der Waals surface area contributed by atoms with Gasteiger partial charge < -0.3 is 0 Å². The predicted octanol–water partition coefficient (Wildman–Crippen LogP) is 3.77. The number of ether oxygens (including phenoxy) is 1. The molecule has 3 aromatic heterocycles. The van der Waals surface area contributed by atoms with E-state index in [1.807, 2.05) is 18.3 Å². The Hall–Kier alpha value is -2.86. The van der Waals surface area contributed by atoms with Crippen LogP contribution < -0.4 is 9.54 Å². The van der Waals surface area contributed by atoms with Crippen molar-refractivity contribution in [2.45, 2.75) is 48.2 Å². The van der Waals surface area contributed by atoms with Gasteiger partial charge in [-0.15, -0.1) is 0 Å². The van der Waals surface area contributed by atoms with Gasteiger partial charge in [-0.05, 0) is 0 Å². The Labute approximate surface area is 211 Å². The van der Waals surface area contributed by atoms with E-state index in [1.165, 1.54) is 16.7 Å². The van der Waals surface area contributed by atoms with Gasteiger partial charge in [0.1, 0.15) is 0 Å². The van der Waals surface area contributed by atoms with Gasteiger partial charge in [0.25, 0.3) is 0 Å². The first-order valence-electron chi connectivity index (χ1n) is 11.3. The summed E-state index contributed by atoms with van der Waals surface area (Å²) in [6.45, 7) is 1.70. The molecular weight excluding hydrogens is 481 g/mol. The maximum atomic E-state index is 9.90. The van der Waals surface area contributed by atoms with Crippen LogP contribution in [0.1, 0.15) is 47.5 Å². The molecule has 0 aliphatic heterocycles. The Balaban J connectivity index is 1.51. The molecule has 2 unspecified atom stereocenters. The first-order chi connectivity index (χ1) is 17.1. The number of nitrogens with zero attached hydrogens (tertiary/aromatic N) is 4. The number of H-pyrrole nitrogens is 1. The Kier molecular flexibility index (Phi) is 7.38. The number of nitrogens with one attached hydrogen (secondary N) is 1. The quantitative estimate of drug-likeness (QED) is 0.350. The van der Waals surface area contributed by atoms with Gasteiger partial charge >= 0.3 is 212 Å². The summed E-state index contributed by atoms with van der Waals surface area (Å²) in [4.78, 5) is 23.6. The number of hydrogen-bond acceptors (Lipinski definition) is 9. The molecule has 35 heavy (non-hydrogen) atoms. The van der Waals surface area contributed by atoms with Gasteiger partial charge in [-0.1, -0.05) is 0 Å². The van der Waals surface area contributed by atoms with E-state index in [-0.39, 0.29) is 12.7 Å². The van der Waals surface area contributed by atoms with Gasteiger partial charge in [0, 0.05) is 0 Å². The molecule has 5 rings (SSSR count). The first kappa shape index (κ1) is 23.9. The molecule has 0 radical (unpaired) electrons. The number of aromatic amines is 1. The summed E-state index contributed by atoms with van der Waals surface area (Å²) < 4.78 is 6.51. The number of pyridine rings is 1. The summed E-state index contributed by atoms with van der Waals surface area (Å²) >= 11 is 2.94. The molecule has 1 aliphatic carbocycles. The van der Waals surface area contributed by atoms with Crippen molar-refractivity contribution in [1.29, 1.82) is 0 Å². The standard InChI is InChI=1S/C24H24BN5O3S2/c1-14-4-2-5-15(8-14)34-16-9-21(33-20-7-3-6-18-17(20)11-26-13-28-18)23(27-10-16)30-24-29-22(25-35-24)19(32)12-31/h2,4-5,8-11,13,19-20,31-32H,3,6-7,12H2,1H3,(H,27,29,30). The average Bonchev–Trinajstić information content (AvgIpc) is 3.34. The molecule has 11 heteroatoms. The molecule has 0 spiro atoms. The van der Waals surface area contributed by atoms with Crippen LogP contribution in [0.5, 0.6) is 5.75 Å². The number of aliphatic hydroxyl groups is 2. The molecule has 3 N–H and O–H groups in total. The Morgan fingerprint density at radius 3 is 3.06 bits per heavy atom. The van der Waals surface area contributed by atoms with Crippen LogP contribution in [0, 0.1) is 6.92 Å². The number of aromatic nitrogens is 4. The number of rotatable bonds is 7. The second-order valence-electron chi connectivity index (χ2n) is 8.27. The fraction of sp³-hybridized carbons (Fsp3) is 0.292. The molecule has 1 aromatic carbocycles. The van der Waals surface area contributed by atoms with E-state index in [0.717, 1.165) is 40.3 Å². The number of hydrogen-bond donors (Lipinski definition) is 3. The van der Waals surface area contributed by atoms with Crippen molar-refractivity contribution in [3.63, 3.8) is 0 Å². The molecule has 0 fully saturated rings. The van der Waals surface area contributed by atoms with Crippen LogP contribution in [0.4, 0.5) is 5.82 Å². The van der Waals surface area contributed by atoms with Crippen LogP contribution >= 0.6 is 22.9 Å². The van der Waals surface area contributed by atoms with E-state index < -0.39 is 6.10 Å². The number of fused-ring (bicyclic) bond motifs is 1. The predicted molar refractivity (Wildman–Crippen MR) is 135 cm³/mol. The fourth-order valence-electron chi connectivity index (χ4n) is 3.90. The Bertz CT molecular complexity index is 1390. The van der Waals surface area contributed by atoms with E-state index >= 15 is 0 Å². The van der Waals surface area contributed by atoms with Crippen LogP contribution in [-0.2, 0) is 6.42 Å². The zero-order valence-corrected chi connectivity index (χ0v) is 20.7. The molecule has 0 saturated carbocycles. The van der Waals surface area contributed by atoms with Gasteiger partial charge in [-0.3, -0.25) is 0 Å². The average molecular weight is 505 g/mol. The first-order valence-corrected chi connectivity index (χ1v) is 13.0.